The number of aromatic amines is 1. The molecule has 0 saturated carbocycles. The lowest BCUT2D eigenvalue weighted by molar-refractivity contribution is 1.22. The lowest BCUT2D eigenvalue weighted by Crippen LogP contribution is -2.01. The Morgan fingerprint density at radius 2 is 2.36 bits per heavy atom. The van der Waals surface area contributed by atoms with Gasteiger partial charge >= 0.3 is 4.87 Å². The largest absolute Gasteiger partial charge is 0.384 e. The number of hydrogen-bond acceptors (Lipinski definition) is 3. The molecule has 74 valence electrons. The van der Waals surface area contributed by atoms with Gasteiger partial charge in [0, 0.05) is 18.1 Å². The molecule has 0 bridgehead atoms. The molecule has 0 radical (unpaired) electrons. The molecule has 0 aliphatic carbocycles. The van der Waals surface area contributed by atoms with Gasteiger partial charge in [0.25, 0.3) is 0 Å². The number of H-pyrrole nitrogens is 1. The van der Waals surface area contributed by atoms with E-state index in [0.717, 1.165) is 22.4 Å². The van der Waals surface area contributed by atoms with Crippen molar-refractivity contribution in [3.63, 3.8) is 0 Å². The molecule has 0 spiro atoms. The molecule has 2 rings (SSSR count). The molecule has 0 fully saturated rings. The number of aromatic nitrogens is 1. The molecular weight excluding hydrogens is 220 g/mol. The van der Waals surface area contributed by atoms with E-state index in [4.69, 9.17) is 11.6 Å². The third-order valence-corrected chi connectivity index (χ3v) is 2.88. The van der Waals surface area contributed by atoms with Crippen LogP contribution in [0.3, 0.4) is 0 Å². The van der Waals surface area contributed by atoms with Crippen molar-refractivity contribution in [2.75, 3.05) is 17.7 Å². The number of nitrogens with one attached hydrogen (secondary N) is 2. The molecule has 0 amide bonds. The molecule has 1 aromatic heterocycles. The normalized spacial score (nSPS) is 10.6. The summed E-state index contributed by atoms with van der Waals surface area (Å²) >= 11 is 6.77. The second-order valence-electron chi connectivity index (χ2n) is 2.84. The molecular formula is C9H9ClN2OS. The molecule has 5 heteroatoms. The second-order valence-corrected chi connectivity index (χ2v) is 4.23. The highest BCUT2D eigenvalue weighted by Crippen LogP contribution is 2.19. The SMILES string of the molecule is O=c1[nH]c2ccc(NCCCl)cc2s1. The third kappa shape index (κ3) is 1.91. The third-order valence-electron chi connectivity index (χ3n) is 1.84. The predicted molar refractivity (Wildman–Crippen MR) is 61.7 cm³/mol. The minimum absolute atomic E-state index is 0.0190. The van der Waals surface area contributed by atoms with Gasteiger partial charge in [-0.1, -0.05) is 11.3 Å². The summed E-state index contributed by atoms with van der Waals surface area (Å²) in [4.78, 5) is 13.8. The van der Waals surface area contributed by atoms with Gasteiger partial charge in [0.05, 0.1) is 10.2 Å². The molecule has 2 aromatic rings. The van der Waals surface area contributed by atoms with E-state index in [1.165, 1.54) is 11.3 Å². The summed E-state index contributed by atoms with van der Waals surface area (Å²) in [7, 11) is 0. The van der Waals surface area contributed by atoms with Crippen LogP contribution in [0.4, 0.5) is 5.69 Å². The Hall–Kier alpha value is -1.000. The van der Waals surface area contributed by atoms with Crippen molar-refractivity contribution < 1.29 is 0 Å². The first-order valence-electron chi connectivity index (χ1n) is 4.22. The van der Waals surface area contributed by atoms with E-state index in [9.17, 15) is 4.79 Å². The molecule has 3 nitrogen and oxygen atoms in total. The first kappa shape index (κ1) is 9.55. The van der Waals surface area contributed by atoms with Gasteiger partial charge in [-0.05, 0) is 18.2 Å². The van der Waals surface area contributed by atoms with Gasteiger partial charge in [-0.2, -0.15) is 0 Å². The van der Waals surface area contributed by atoms with Crippen LogP contribution in [-0.4, -0.2) is 17.4 Å². The zero-order valence-corrected chi connectivity index (χ0v) is 8.91. The fraction of sp³-hybridized carbons (Fsp3) is 0.222. The highest BCUT2D eigenvalue weighted by Gasteiger charge is 1.99. The summed E-state index contributed by atoms with van der Waals surface area (Å²) in [6, 6.07) is 5.77. The average Bonchev–Trinajstić information content (AvgIpc) is 2.54. The highest BCUT2D eigenvalue weighted by atomic mass is 35.5. The monoisotopic (exact) mass is 228 g/mol. The van der Waals surface area contributed by atoms with Crippen LogP contribution >= 0.6 is 22.9 Å². The van der Waals surface area contributed by atoms with Gasteiger partial charge in [-0.15, -0.1) is 11.6 Å². The maximum atomic E-state index is 11.0. The summed E-state index contributed by atoms with van der Waals surface area (Å²) in [5.74, 6) is 0.571. The van der Waals surface area contributed by atoms with Crippen LogP contribution < -0.4 is 10.2 Å². The zero-order valence-electron chi connectivity index (χ0n) is 7.34. The van der Waals surface area contributed by atoms with Gasteiger partial charge in [0.15, 0.2) is 0 Å². The molecule has 2 N–H and O–H groups in total. The van der Waals surface area contributed by atoms with Crippen molar-refractivity contribution >= 4 is 38.8 Å². The number of alkyl halides is 1. The highest BCUT2D eigenvalue weighted by molar-refractivity contribution is 7.16. The average molecular weight is 229 g/mol. The lowest BCUT2D eigenvalue weighted by Gasteiger charge is -2.02. The standard InChI is InChI=1S/C9H9ClN2OS/c10-3-4-11-6-1-2-7-8(5-6)14-9(13)12-7/h1-2,5,11H,3-4H2,(H,12,13). The summed E-state index contributed by atoms with van der Waals surface area (Å²) in [6.07, 6.45) is 0. The van der Waals surface area contributed by atoms with Crippen molar-refractivity contribution in [3.05, 3.63) is 27.9 Å². The Labute approximate surface area is 89.7 Å². The minimum atomic E-state index is -0.0190. The number of benzene rings is 1. The molecule has 1 heterocycles. The molecule has 0 aliphatic rings. The van der Waals surface area contributed by atoms with E-state index in [1.54, 1.807) is 0 Å². The number of halogens is 1. The summed E-state index contributed by atoms with van der Waals surface area (Å²) in [5, 5.41) is 3.15. The first-order valence-corrected chi connectivity index (χ1v) is 5.57. The van der Waals surface area contributed by atoms with E-state index in [2.05, 4.69) is 10.3 Å². The smallest absolute Gasteiger partial charge is 0.305 e. The number of anilines is 1. The van der Waals surface area contributed by atoms with Crippen LogP contribution in [0.15, 0.2) is 23.0 Å². The van der Waals surface area contributed by atoms with E-state index in [0.29, 0.717) is 5.88 Å². The quantitative estimate of drug-likeness (QED) is 0.792. The van der Waals surface area contributed by atoms with Crippen molar-refractivity contribution in [1.29, 1.82) is 0 Å². The molecule has 0 saturated heterocycles. The fourth-order valence-corrected chi connectivity index (χ4v) is 2.12. The maximum absolute atomic E-state index is 11.0. The fourth-order valence-electron chi connectivity index (χ4n) is 1.25. The van der Waals surface area contributed by atoms with Crippen LogP contribution in [0.25, 0.3) is 10.2 Å². The Morgan fingerprint density at radius 3 is 3.14 bits per heavy atom. The van der Waals surface area contributed by atoms with Gasteiger partial charge in [-0.25, -0.2) is 0 Å². The Kier molecular flexibility index (Phi) is 2.74. The van der Waals surface area contributed by atoms with Crippen LogP contribution in [0.1, 0.15) is 0 Å². The first-order chi connectivity index (χ1) is 6.79. The summed E-state index contributed by atoms with van der Waals surface area (Å²) < 4.78 is 0.967. The minimum Gasteiger partial charge on any atom is -0.384 e. The predicted octanol–water partition coefficient (Wildman–Crippen LogP) is 2.24. The molecule has 0 unspecified atom stereocenters. The van der Waals surface area contributed by atoms with Gasteiger partial charge < -0.3 is 10.3 Å². The van der Waals surface area contributed by atoms with Crippen molar-refractivity contribution in [2.24, 2.45) is 0 Å². The van der Waals surface area contributed by atoms with Crippen LogP contribution in [0.5, 0.6) is 0 Å². The number of hydrogen-bond donors (Lipinski definition) is 2. The van der Waals surface area contributed by atoms with E-state index < -0.39 is 0 Å². The van der Waals surface area contributed by atoms with Gasteiger partial charge in [0.2, 0.25) is 0 Å². The lowest BCUT2D eigenvalue weighted by atomic mass is 10.3. The van der Waals surface area contributed by atoms with Crippen LogP contribution in [0, 0.1) is 0 Å². The number of fused-ring (bicyclic) bond motifs is 1. The van der Waals surface area contributed by atoms with Gasteiger partial charge in [-0.3, -0.25) is 4.79 Å². The van der Waals surface area contributed by atoms with Crippen molar-refractivity contribution in [3.8, 4) is 0 Å². The summed E-state index contributed by atoms with van der Waals surface area (Å²) in [5.41, 5.74) is 1.88. The molecule has 14 heavy (non-hydrogen) atoms. The topological polar surface area (TPSA) is 44.9 Å². The van der Waals surface area contributed by atoms with E-state index in [-0.39, 0.29) is 4.87 Å². The van der Waals surface area contributed by atoms with E-state index >= 15 is 0 Å². The summed E-state index contributed by atoms with van der Waals surface area (Å²) in [6.45, 7) is 0.729. The molecule has 0 aliphatic heterocycles. The Morgan fingerprint density at radius 1 is 1.50 bits per heavy atom. The van der Waals surface area contributed by atoms with Crippen LogP contribution in [-0.2, 0) is 0 Å². The van der Waals surface area contributed by atoms with Crippen molar-refractivity contribution in [1.82, 2.24) is 4.98 Å². The van der Waals surface area contributed by atoms with Crippen molar-refractivity contribution in [2.45, 2.75) is 0 Å². The maximum Gasteiger partial charge on any atom is 0.305 e. The van der Waals surface area contributed by atoms with Gasteiger partial charge in [0.1, 0.15) is 0 Å². The van der Waals surface area contributed by atoms with Crippen LogP contribution in [0.2, 0.25) is 0 Å². The number of rotatable bonds is 3. The molecule has 1 aromatic carbocycles. The number of thiazole rings is 1. The molecule has 0 atom stereocenters. The Bertz CT molecular complexity index is 491. The zero-order chi connectivity index (χ0) is 9.97. The Balaban J connectivity index is 2.35. The van der Waals surface area contributed by atoms with E-state index in [1.807, 2.05) is 18.2 Å². The second kappa shape index (κ2) is 4.02.